The summed E-state index contributed by atoms with van der Waals surface area (Å²) >= 11 is 1.78. The minimum Gasteiger partial charge on any atom is -0.379 e. The van der Waals surface area contributed by atoms with Gasteiger partial charge in [-0.15, -0.1) is 11.8 Å². The van der Waals surface area contributed by atoms with E-state index in [0.717, 1.165) is 25.3 Å². The van der Waals surface area contributed by atoms with Crippen LogP contribution < -0.4 is 10.6 Å². The lowest BCUT2D eigenvalue weighted by Gasteiger charge is -2.20. The first kappa shape index (κ1) is 22.5. The Morgan fingerprint density at radius 2 is 2.18 bits per heavy atom. The Morgan fingerprint density at radius 1 is 1.39 bits per heavy atom. The van der Waals surface area contributed by atoms with E-state index in [2.05, 4.69) is 27.8 Å². The molecular formula is C20H32N4O3S. The Hall–Kier alpha value is -1.77. The van der Waals surface area contributed by atoms with Crippen molar-refractivity contribution in [1.82, 2.24) is 15.5 Å². The maximum Gasteiger partial charge on any atom is 0.243 e. The van der Waals surface area contributed by atoms with Gasteiger partial charge in [0.1, 0.15) is 6.54 Å². The summed E-state index contributed by atoms with van der Waals surface area (Å²) < 4.78 is 11.2. The predicted octanol–water partition coefficient (Wildman–Crippen LogP) is 1.60. The van der Waals surface area contributed by atoms with Gasteiger partial charge in [0.2, 0.25) is 5.91 Å². The zero-order valence-electron chi connectivity index (χ0n) is 17.0. The van der Waals surface area contributed by atoms with Gasteiger partial charge in [-0.3, -0.25) is 4.79 Å². The van der Waals surface area contributed by atoms with Crippen molar-refractivity contribution in [3.63, 3.8) is 0 Å². The highest BCUT2D eigenvalue weighted by atomic mass is 32.2. The van der Waals surface area contributed by atoms with Crippen LogP contribution in [0.15, 0.2) is 40.2 Å². The van der Waals surface area contributed by atoms with Gasteiger partial charge in [-0.25, -0.2) is 4.99 Å². The van der Waals surface area contributed by atoms with E-state index in [1.54, 1.807) is 30.8 Å². The van der Waals surface area contributed by atoms with Gasteiger partial charge in [-0.2, -0.15) is 0 Å². The molecule has 1 amide bonds. The standard InChI is InChI=1S/C20H32N4O3S/c1-16(14-27-17-9-11-26-15-17)23-20(22-13-19(25)24(2)3)21-10-12-28-18-7-5-4-6-8-18/h4-8,16-17H,9-15H2,1-3H3,(H2,21,22,23). The van der Waals surface area contributed by atoms with E-state index in [0.29, 0.717) is 19.2 Å². The molecule has 1 aromatic carbocycles. The molecule has 2 unspecified atom stereocenters. The SMILES string of the molecule is CC(COC1CCOC1)NC(=NCC(=O)N(C)C)NCCSc1ccccc1. The summed E-state index contributed by atoms with van der Waals surface area (Å²) in [6.45, 7) is 4.89. The number of rotatable bonds is 10. The minimum absolute atomic E-state index is 0.0354. The summed E-state index contributed by atoms with van der Waals surface area (Å²) in [6.07, 6.45) is 1.12. The monoisotopic (exact) mass is 408 g/mol. The van der Waals surface area contributed by atoms with Crippen molar-refractivity contribution in [3.05, 3.63) is 30.3 Å². The molecule has 0 aromatic heterocycles. The number of carbonyl (C=O) groups is 1. The highest BCUT2D eigenvalue weighted by molar-refractivity contribution is 7.99. The first-order valence-corrected chi connectivity index (χ1v) is 10.7. The van der Waals surface area contributed by atoms with Crippen molar-refractivity contribution in [3.8, 4) is 0 Å². The average molecular weight is 409 g/mol. The molecule has 2 N–H and O–H groups in total. The van der Waals surface area contributed by atoms with E-state index in [1.165, 1.54) is 4.90 Å². The molecule has 2 atom stereocenters. The Morgan fingerprint density at radius 3 is 2.86 bits per heavy atom. The number of aliphatic imine (C=N–C) groups is 1. The number of nitrogens with zero attached hydrogens (tertiary/aromatic N) is 2. The van der Waals surface area contributed by atoms with Gasteiger partial charge >= 0.3 is 0 Å². The first-order chi connectivity index (χ1) is 13.5. The maximum absolute atomic E-state index is 11.9. The van der Waals surface area contributed by atoms with Gasteiger partial charge in [0.25, 0.3) is 0 Å². The van der Waals surface area contributed by atoms with Crippen LogP contribution in [0.1, 0.15) is 13.3 Å². The fourth-order valence-electron chi connectivity index (χ4n) is 2.50. The molecule has 0 saturated carbocycles. The van der Waals surface area contributed by atoms with Crippen molar-refractivity contribution in [2.24, 2.45) is 4.99 Å². The lowest BCUT2D eigenvalue weighted by atomic mass is 10.3. The molecule has 2 rings (SSSR count). The predicted molar refractivity (Wildman–Crippen MR) is 114 cm³/mol. The topological polar surface area (TPSA) is 75.2 Å². The summed E-state index contributed by atoms with van der Waals surface area (Å²) in [5.41, 5.74) is 0. The van der Waals surface area contributed by atoms with Gasteiger partial charge in [0.15, 0.2) is 5.96 Å². The third-order valence-electron chi connectivity index (χ3n) is 4.13. The number of nitrogens with one attached hydrogen (secondary N) is 2. The largest absolute Gasteiger partial charge is 0.379 e. The van der Waals surface area contributed by atoms with Crippen LogP contribution in [-0.2, 0) is 14.3 Å². The molecule has 156 valence electrons. The number of likely N-dealkylation sites (N-methyl/N-ethyl adjacent to an activating group) is 1. The fraction of sp³-hybridized carbons (Fsp3) is 0.600. The van der Waals surface area contributed by atoms with E-state index in [-0.39, 0.29) is 24.6 Å². The number of carbonyl (C=O) groups excluding carboxylic acids is 1. The minimum atomic E-state index is -0.0354. The molecule has 1 aliphatic rings. The molecular weight excluding hydrogens is 376 g/mol. The zero-order chi connectivity index (χ0) is 20.2. The number of guanidine groups is 1. The van der Waals surface area contributed by atoms with Crippen LogP contribution in [0.2, 0.25) is 0 Å². The molecule has 1 aromatic rings. The molecule has 1 heterocycles. The van der Waals surface area contributed by atoms with Crippen LogP contribution in [0.3, 0.4) is 0 Å². The highest BCUT2D eigenvalue weighted by Crippen LogP contribution is 2.15. The van der Waals surface area contributed by atoms with Crippen molar-refractivity contribution >= 4 is 23.6 Å². The van der Waals surface area contributed by atoms with Crippen LogP contribution in [0.5, 0.6) is 0 Å². The molecule has 7 nitrogen and oxygen atoms in total. The van der Waals surface area contributed by atoms with Gasteiger partial charge in [-0.05, 0) is 25.5 Å². The molecule has 0 spiro atoms. The lowest BCUT2D eigenvalue weighted by molar-refractivity contribution is -0.127. The van der Waals surface area contributed by atoms with Crippen molar-refractivity contribution in [2.75, 3.05) is 52.8 Å². The number of amides is 1. The maximum atomic E-state index is 11.9. The Bertz CT molecular complexity index is 607. The van der Waals surface area contributed by atoms with E-state index < -0.39 is 0 Å². The van der Waals surface area contributed by atoms with E-state index in [1.807, 2.05) is 25.1 Å². The Balaban J connectivity index is 1.79. The Kier molecular flexibility index (Phi) is 10.2. The smallest absolute Gasteiger partial charge is 0.243 e. The zero-order valence-corrected chi connectivity index (χ0v) is 17.8. The van der Waals surface area contributed by atoms with E-state index in [9.17, 15) is 4.79 Å². The molecule has 1 fully saturated rings. The average Bonchev–Trinajstić information content (AvgIpc) is 3.21. The lowest BCUT2D eigenvalue weighted by Crippen LogP contribution is -2.45. The Labute approximate surface area is 172 Å². The normalized spacial score (nSPS) is 18.0. The van der Waals surface area contributed by atoms with Crippen LogP contribution in [0.4, 0.5) is 0 Å². The third-order valence-corrected chi connectivity index (χ3v) is 5.14. The quantitative estimate of drug-likeness (QED) is 0.265. The molecule has 0 bridgehead atoms. The number of hydrogen-bond donors (Lipinski definition) is 2. The fourth-order valence-corrected chi connectivity index (χ4v) is 3.28. The molecule has 8 heteroatoms. The first-order valence-electron chi connectivity index (χ1n) is 9.67. The van der Waals surface area contributed by atoms with Gasteiger partial charge in [0.05, 0.1) is 19.3 Å². The van der Waals surface area contributed by atoms with E-state index >= 15 is 0 Å². The molecule has 0 aliphatic carbocycles. The highest BCUT2D eigenvalue weighted by Gasteiger charge is 2.17. The van der Waals surface area contributed by atoms with Crippen molar-refractivity contribution < 1.29 is 14.3 Å². The molecule has 1 aliphatic heterocycles. The van der Waals surface area contributed by atoms with Crippen LogP contribution in [0, 0.1) is 0 Å². The summed E-state index contributed by atoms with van der Waals surface area (Å²) in [5.74, 6) is 1.49. The van der Waals surface area contributed by atoms with Gasteiger partial charge < -0.3 is 25.0 Å². The van der Waals surface area contributed by atoms with Crippen LogP contribution >= 0.6 is 11.8 Å². The summed E-state index contributed by atoms with van der Waals surface area (Å²) in [6, 6.07) is 10.4. The molecule has 1 saturated heterocycles. The number of thioether (sulfide) groups is 1. The third kappa shape index (κ3) is 8.95. The summed E-state index contributed by atoms with van der Waals surface area (Å²) in [7, 11) is 3.46. The number of benzene rings is 1. The van der Waals surface area contributed by atoms with Gasteiger partial charge in [-0.1, -0.05) is 18.2 Å². The molecule has 0 radical (unpaired) electrons. The number of ether oxygens (including phenoxy) is 2. The van der Waals surface area contributed by atoms with Crippen molar-refractivity contribution in [1.29, 1.82) is 0 Å². The van der Waals surface area contributed by atoms with E-state index in [4.69, 9.17) is 9.47 Å². The summed E-state index contributed by atoms with van der Waals surface area (Å²) in [5, 5.41) is 6.64. The second-order valence-electron chi connectivity index (χ2n) is 6.91. The van der Waals surface area contributed by atoms with Crippen molar-refractivity contribution in [2.45, 2.75) is 30.4 Å². The second-order valence-corrected chi connectivity index (χ2v) is 8.07. The second kappa shape index (κ2) is 12.6. The van der Waals surface area contributed by atoms with Gasteiger partial charge in [0, 0.05) is 43.9 Å². The van der Waals surface area contributed by atoms with Crippen LogP contribution in [0.25, 0.3) is 0 Å². The summed E-state index contributed by atoms with van der Waals surface area (Å²) in [4.78, 5) is 19.1. The number of hydrogen-bond acceptors (Lipinski definition) is 5. The van der Waals surface area contributed by atoms with Crippen LogP contribution in [-0.4, -0.2) is 81.7 Å². The molecule has 28 heavy (non-hydrogen) atoms.